The first-order valence-corrected chi connectivity index (χ1v) is 10.7. The highest BCUT2D eigenvalue weighted by atomic mass is 35.5. The van der Waals surface area contributed by atoms with E-state index in [4.69, 9.17) is 21.9 Å². The minimum atomic E-state index is -4.77. The van der Waals surface area contributed by atoms with Crippen LogP contribution in [0.25, 0.3) is 11.3 Å². The summed E-state index contributed by atoms with van der Waals surface area (Å²) >= 11 is 6.36. The average molecular weight is 525 g/mol. The Morgan fingerprint density at radius 1 is 1.34 bits per heavy atom. The maximum atomic E-state index is 13.3. The van der Waals surface area contributed by atoms with Crippen LogP contribution in [0.5, 0.6) is 0 Å². The number of aromatic amines is 1. The SMILES string of the molecule is CC(Sc1nc(N)c(C#N)c(-c2c(=O)o[nH][n+]2C)c1C#N)C(=O)Nc1ccc(Cl)cc1C(F)(F)F. The van der Waals surface area contributed by atoms with Gasteiger partial charge in [0.05, 0.1) is 22.1 Å². The summed E-state index contributed by atoms with van der Waals surface area (Å²) < 4.78 is 45.9. The Kier molecular flexibility index (Phi) is 7.09. The second-order valence-electron chi connectivity index (χ2n) is 6.98. The van der Waals surface area contributed by atoms with Crippen molar-refractivity contribution in [3.05, 3.63) is 50.3 Å². The Morgan fingerprint density at radius 3 is 2.54 bits per heavy atom. The molecule has 1 atom stereocenters. The lowest BCUT2D eigenvalue weighted by Gasteiger charge is -2.17. The number of aromatic nitrogens is 3. The molecule has 0 aliphatic rings. The quantitative estimate of drug-likeness (QED) is 0.338. The number of alkyl halides is 3. The molecule has 10 nitrogen and oxygen atoms in total. The molecule has 15 heteroatoms. The number of hydrogen-bond acceptors (Lipinski definition) is 8. The molecule has 3 rings (SSSR count). The molecule has 1 aromatic carbocycles. The first-order chi connectivity index (χ1) is 16.4. The molecule has 0 aliphatic carbocycles. The lowest BCUT2D eigenvalue weighted by atomic mass is 10.0. The van der Waals surface area contributed by atoms with Gasteiger partial charge in [0.25, 0.3) is 0 Å². The number of benzene rings is 1. The number of nitrogens with one attached hydrogen (secondary N) is 2. The molecule has 180 valence electrons. The van der Waals surface area contributed by atoms with E-state index < -0.39 is 34.2 Å². The fourth-order valence-corrected chi connectivity index (χ4v) is 4.14. The zero-order chi connectivity index (χ0) is 26.1. The molecule has 0 fully saturated rings. The molecule has 0 bridgehead atoms. The predicted molar refractivity (Wildman–Crippen MR) is 118 cm³/mol. The van der Waals surface area contributed by atoms with Crippen molar-refractivity contribution in [2.45, 2.75) is 23.4 Å². The Morgan fingerprint density at radius 2 is 2.00 bits per heavy atom. The number of pyridine rings is 1. The van der Waals surface area contributed by atoms with E-state index in [0.717, 1.165) is 10.7 Å². The summed E-state index contributed by atoms with van der Waals surface area (Å²) in [6, 6.07) is 6.52. The van der Waals surface area contributed by atoms with Crippen molar-refractivity contribution >= 4 is 40.8 Å². The Hall–Kier alpha value is -4.01. The molecule has 1 unspecified atom stereocenters. The van der Waals surface area contributed by atoms with Crippen molar-refractivity contribution in [2.24, 2.45) is 7.05 Å². The van der Waals surface area contributed by atoms with Gasteiger partial charge in [0.15, 0.2) is 7.05 Å². The van der Waals surface area contributed by atoms with E-state index in [1.807, 2.05) is 6.07 Å². The molecule has 0 aliphatic heterocycles. The highest BCUT2D eigenvalue weighted by molar-refractivity contribution is 8.00. The van der Waals surface area contributed by atoms with Crippen LogP contribution in [0.4, 0.5) is 24.7 Å². The molecule has 0 spiro atoms. The van der Waals surface area contributed by atoms with Crippen LogP contribution in [0.15, 0.2) is 32.5 Å². The number of hydrogen-bond donors (Lipinski definition) is 3. The van der Waals surface area contributed by atoms with E-state index in [9.17, 15) is 33.3 Å². The fraction of sp³-hybridized carbons (Fsp3) is 0.200. The molecule has 0 saturated carbocycles. The third-order valence-corrected chi connectivity index (χ3v) is 5.98. The Labute approximate surface area is 204 Å². The zero-order valence-electron chi connectivity index (χ0n) is 17.8. The van der Waals surface area contributed by atoms with Crippen LogP contribution in [0, 0.1) is 22.7 Å². The monoisotopic (exact) mass is 524 g/mol. The molecule has 2 aromatic heterocycles. The molecule has 4 N–H and O–H groups in total. The van der Waals surface area contributed by atoms with Gasteiger partial charge < -0.3 is 11.1 Å². The summed E-state index contributed by atoms with van der Waals surface area (Å²) in [5, 5.41) is 22.4. The fourth-order valence-electron chi connectivity index (χ4n) is 3.05. The van der Waals surface area contributed by atoms with Gasteiger partial charge in [-0.15, -0.1) is 0 Å². The third kappa shape index (κ3) is 5.08. The molecule has 0 saturated heterocycles. The number of aryl methyl sites for hydroxylation is 1. The van der Waals surface area contributed by atoms with Gasteiger partial charge in [-0.3, -0.25) is 9.32 Å². The van der Waals surface area contributed by atoms with Crippen molar-refractivity contribution in [2.75, 3.05) is 11.1 Å². The molecular weight excluding hydrogens is 511 g/mol. The van der Waals surface area contributed by atoms with Crippen LogP contribution in [0.2, 0.25) is 5.02 Å². The van der Waals surface area contributed by atoms with Gasteiger partial charge >= 0.3 is 17.5 Å². The topological polar surface area (TPSA) is 165 Å². The van der Waals surface area contributed by atoms with Gasteiger partial charge in [-0.25, -0.2) is 9.78 Å². The van der Waals surface area contributed by atoms with Gasteiger partial charge in [-0.1, -0.05) is 28.0 Å². The number of rotatable bonds is 5. The normalized spacial score (nSPS) is 12.0. The number of H-pyrrole nitrogens is 1. The number of nitrogens with zero attached hydrogens (tertiary/aromatic N) is 4. The maximum Gasteiger partial charge on any atom is 0.435 e. The van der Waals surface area contributed by atoms with Crippen LogP contribution >= 0.6 is 23.4 Å². The highest BCUT2D eigenvalue weighted by Gasteiger charge is 2.35. The Balaban J connectivity index is 2.02. The number of carbonyl (C=O) groups is 1. The third-order valence-electron chi connectivity index (χ3n) is 4.66. The minimum absolute atomic E-state index is 0.116. The number of carbonyl (C=O) groups excluding carboxylic acids is 1. The van der Waals surface area contributed by atoms with Gasteiger partial charge in [-0.05, 0) is 30.4 Å². The number of nitrogen functional groups attached to an aromatic ring is 1. The summed E-state index contributed by atoms with van der Waals surface area (Å²) in [7, 11) is 1.40. The molecular formula is C20H14ClF3N7O3S+. The van der Waals surface area contributed by atoms with Crippen LogP contribution < -0.4 is 21.4 Å². The summed E-state index contributed by atoms with van der Waals surface area (Å²) in [6.07, 6.45) is -4.77. The van der Waals surface area contributed by atoms with E-state index >= 15 is 0 Å². The van der Waals surface area contributed by atoms with Gasteiger partial charge in [-0.2, -0.15) is 23.7 Å². The van der Waals surface area contributed by atoms with E-state index in [1.54, 1.807) is 6.07 Å². The van der Waals surface area contributed by atoms with Gasteiger partial charge in [0.2, 0.25) is 5.91 Å². The first kappa shape index (κ1) is 25.6. The van der Waals surface area contributed by atoms with Crippen LogP contribution in [-0.2, 0) is 18.0 Å². The van der Waals surface area contributed by atoms with E-state index in [1.165, 1.54) is 20.0 Å². The molecule has 2 heterocycles. The number of nitriles is 2. The lowest BCUT2D eigenvalue weighted by Crippen LogP contribution is -2.34. The van der Waals surface area contributed by atoms with Crippen molar-refractivity contribution in [3.63, 3.8) is 0 Å². The van der Waals surface area contributed by atoms with Crippen molar-refractivity contribution in [1.82, 2.24) is 10.3 Å². The number of nitrogens with two attached hydrogens (primary N) is 1. The average Bonchev–Trinajstić information content (AvgIpc) is 3.11. The maximum absolute atomic E-state index is 13.3. The van der Waals surface area contributed by atoms with E-state index in [0.29, 0.717) is 17.8 Å². The summed E-state index contributed by atoms with van der Waals surface area (Å²) in [5.41, 5.74) is 2.47. The minimum Gasteiger partial charge on any atom is -0.383 e. The smallest absolute Gasteiger partial charge is 0.383 e. The molecule has 35 heavy (non-hydrogen) atoms. The lowest BCUT2D eigenvalue weighted by molar-refractivity contribution is -0.730. The molecule has 1 amide bonds. The zero-order valence-corrected chi connectivity index (χ0v) is 19.4. The standard InChI is InChI=1S/C20H13ClF3N7O3S/c1-8(17(32)28-13-4-3-9(21)5-12(13)20(22,23)24)35-18-11(7-26)14(10(6-25)16(27)29-18)15-19(33)34-30-31(15)2/h3-5,8H,1-2H3,(H3-,27,28,29,30,32,33)/p+1. The number of halogens is 4. The summed E-state index contributed by atoms with van der Waals surface area (Å²) in [6.45, 7) is 1.37. The number of anilines is 2. The van der Waals surface area contributed by atoms with Gasteiger partial charge in [0, 0.05) is 5.02 Å². The van der Waals surface area contributed by atoms with Crippen molar-refractivity contribution in [3.8, 4) is 23.4 Å². The number of amides is 1. The largest absolute Gasteiger partial charge is 0.435 e. The predicted octanol–water partition coefficient (Wildman–Crippen LogP) is 2.97. The summed E-state index contributed by atoms with van der Waals surface area (Å²) in [5.74, 6) is -1.17. The van der Waals surface area contributed by atoms with Crippen molar-refractivity contribution in [1.29, 1.82) is 10.5 Å². The number of thioether (sulfide) groups is 1. The Bertz CT molecular complexity index is 1470. The molecule has 3 aromatic rings. The van der Waals surface area contributed by atoms with Crippen LogP contribution in [0.1, 0.15) is 23.6 Å². The van der Waals surface area contributed by atoms with Crippen LogP contribution in [-0.4, -0.2) is 21.4 Å². The van der Waals surface area contributed by atoms with Gasteiger partial charge in [0.1, 0.15) is 34.1 Å². The second kappa shape index (κ2) is 9.69. The summed E-state index contributed by atoms with van der Waals surface area (Å²) in [4.78, 5) is 28.9. The molecule has 0 radical (unpaired) electrons. The highest BCUT2D eigenvalue weighted by Crippen LogP contribution is 2.38. The first-order valence-electron chi connectivity index (χ1n) is 9.44. The van der Waals surface area contributed by atoms with E-state index in [2.05, 4.69) is 15.6 Å². The van der Waals surface area contributed by atoms with Crippen LogP contribution in [0.3, 0.4) is 0 Å². The van der Waals surface area contributed by atoms with Crippen molar-refractivity contribution < 1.29 is 27.2 Å². The van der Waals surface area contributed by atoms with E-state index in [-0.39, 0.29) is 38.3 Å². The second-order valence-corrected chi connectivity index (χ2v) is 8.74.